The summed E-state index contributed by atoms with van der Waals surface area (Å²) >= 11 is 0. The first-order valence-electron chi connectivity index (χ1n) is 24.9. The van der Waals surface area contributed by atoms with Crippen LogP contribution in [0.2, 0.25) is 0 Å². The Morgan fingerprint density at radius 1 is 0.577 bits per heavy atom. The number of fused-ring (bicyclic) bond motifs is 4. The highest BCUT2D eigenvalue weighted by atomic mass is 32.2. The molecule has 4 aromatic rings. The lowest BCUT2D eigenvalue weighted by Gasteiger charge is -2.39. The van der Waals surface area contributed by atoms with E-state index < -0.39 is 25.3 Å². The molecule has 382 valence electrons. The van der Waals surface area contributed by atoms with E-state index in [9.17, 15) is 26.4 Å². The summed E-state index contributed by atoms with van der Waals surface area (Å²) in [6, 6.07) is 14.0. The molecule has 2 aromatic carbocycles. The second kappa shape index (κ2) is 20.0. The van der Waals surface area contributed by atoms with Gasteiger partial charge in [-0.25, -0.2) is 46.4 Å². The number of carbonyl (C=O) groups excluding carboxylic acids is 2. The molecule has 4 saturated heterocycles. The van der Waals surface area contributed by atoms with Gasteiger partial charge in [-0.1, -0.05) is 0 Å². The van der Waals surface area contributed by atoms with Gasteiger partial charge in [0.25, 0.3) is 0 Å². The highest BCUT2D eigenvalue weighted by Crippen LogP contribution is 2.41. The molecular formula is C51H66N8O10S2. The van der Waals surface area contributed by atoms with E-state index >= 15 is 0 Å². The number of ether oxygens (including phenoxy) is 4. The lowest BCUT2D eigenvalue weighted by atomic mass is 10.00. The maximum Gasteiger partial charge on any atom is 0.410 e. The lowest BCUT2D eigenvalue weighted by Crippen LogP contribution is -2.50. The Kier molecular flexibility index (Phi) is 14.2. The summed E-state index contributed by atoms with van der Waals surface area (Å²) in [4.78, 5) is 47.2. The molecule has 2 amide bonds. The number of amides is 2. The third-order valence-electron chi connectivity index (χ3n) is 14.0. The number of sulfone groups is 2. The van der Waals surface area contributed by atoms with Gasteiger partial charge in [-0.2, -0.15) is 0 Å². The number of rotatable bonds is 13. The fourth-order valence-corrected chi connectivity index (χ4v) is 13.5. The summed E-state index contributed by atoms with van der Waals surface area (Å²) in [5.41, 5.74) is 2.51. The van der Waals surface area contributed by atoms with Gasteiger partial charge in [0.2, 0.25) is 11.8 Å². The molecule has 2 N–H and O–H groups in total. The maximum atomic E-state index is 12.7. The van der Waals surface area contributed by atoms with Crippen molar-refractivity contribution in [2.45, 2.75) is 194 Å². The molecule has 6 atom stereocenters. The minimum atomic E-state index is -3.22. The zero-order valence-electron chi connectivity index (χ0n) is 41.5. The molecule has 18 nitrogen and oxygen atoms in total. The highest BCUT2D eigenvalue weighted by molar-refractivity contribution is 7.92. The van der Waals surface area contributed by atoms with E-state index in [0.29, 0.717) is 33.2 Å². The van der Waals surface area contributed by atoms with Gasteiger partial charge in [-0.05, 0) is 148 Å². The third kappa shape index (κ3) is 11.5. The van der Waals surface area contributed by atoms with Gasteiger partial charge in [-0.15, -0.1) is 0 Å². The van der Waals surface area contributed by atoms with Crippen LogP contribution in [0.25, 0.3) is 0 Å². The Hall–Kier alpha value is -5.76. The topological polar surface area (TPSA) is 221 Å². The second-order valence-corrected chi connectivity index (χ2v) is 25.5. The number of anilines is 4. The van der Waals surface area contributed by atoms with Crippen molar-refractivity contribution < 1.29 is 45.4 Å². The molecule has 20 heteroatoms. The molecule has 4 aliphatic heterocycles. The van der Waals surface area contributed by atoms with E-state index in [2.05, 4.69) is 30.6 Å². The van der Waals surface area contributed by atoms with Crippen LogP contribution in [0.1, 0.15) is 123 Å². The van der Waals surface area contributed by atoms with Crippen LogP contribution in [-0.4, -0.2) is 117 Å². The normalized spacial score (nSPS) is 23.9. The average molecular weight is 1020 g/mol. The molecule has 2 aliphatic carbocycles. The van der Waals surface area contributed by atoms with E-state index in [1.54, 1.807) is 48.5 Å². The molecule has 6 fully saturated rings. The van der Waals surface area contributed by atoms with Gasteiger partial charge in [0.1, 0.15) is 42.1 Å². The molecule has 2 saturated carbocycles. The standard InChI is InChI=1S/C26H34N4O5S.C25H32N4O5S/c1-16-23(29-17-5-9-21(10-6-17)36(32,33)22-11-12-22)27-15-28-24(16)34-20-13-18-7-8-19(14-20)30(18)25(31)35-26(2,3)4;1-15(2)33-25(30)29-18-6-7-19(29)13-20(12-18)34-24-16(3)23(26-14-27-24)28-17-4-8-21(9-5-17)35(31,32)22-10-11-22/h5-6,9-10,15,18-20,22H,7-8,11-14H2,1-4H3,(H,27,28,29);4-5,8-9,14-15,18-20,22H,6-7,10-13H2,1-3H3,(H,26,27,28)/t2*18-,19?,20?/m00/s1. The van der Waals surface area contributed by atoms with Crippen molar-refractivity contribution in [2.24, 2.45) is 0 Å². The van der Waals surface area contributed by atoms with Gasteiger partial charge in [0.05, 0.1) is 37.5 Å². The summed E-state index contributed by atoms with van der Waals surface area (Å²) in [5.74, 6) is 2.23. The Labute approximate surface area is 416 Å². The molecule has 6 aliphatic rings. The smallest absolute Gasteiger partial charge is 0.410 e. The second-order valence-electron chi connectivity index (χ2n) is 21.0. The van der Waals surface area contributed by atoms with Gasteiger partial charge < -0.3 is 39.4 Å². The monoisotopic (exact) mass is 1010 g/mol. The minimum absolute atomic E-state index is 0.0380. The van der Waals surface area contributed by atoms with Gasteiger partial charge in [0, 0.05) is 61.2 Å². The molecule has 2 aromatic heterocycles. The van der Waals surface area contributed by atoms with Crippen LogP contribution in [0.5, 0.6) is 11.8 Å². The van der Waals surface area contributed by atoms with Crippen molar-refractivity contribution in [1.29, 1.82) is 0 Å². The van der Waals surface area contributed by atoms with Gasteiger partial charge >= 0.3 is 12.2 Å². The lowest BCUT2D eigenvalue weighted by molar-refractivity contribution is -0.00775. The predicted molar refractivity (Wildman–Crippen MR) is 266 cm³/mol. The van der Waals surface area contributed by atoms with Crippen LogP contribution in [0.15, 0.2) is 71.0 Å². The van der Waals surface area contributed by atoms with Crippen LogP contribution in [0.4, 0.5) is 32.6 Å². The summed E-state index contributed by atoms with van der Waals surface area (Å²) in [6.07, 6.45) is 12.0. The van der Waals surface area contributed by atoms with Crippen LogP contribution in [0.3, 0.4) is 0 Å². The SMILES string of the molecule is Cc1c(Nc2ccc(S(=O)(=O)C3CC3)cc2)ncnc1OC1CC2CC[C@@H](C1)N2C(=O)OC(C)(C)C.Cc1c(Nc2ccc(S(=O)(=O)C3CC3)cc2)ncnc1OC1CC2CC[C@@H](C1)N2C(=O)OC(C)C. The van der Waals surface area contributed by atoms with Crippen LogP contribution >= 0.6 is 0 Å². The van der Waals surface area contributed by atoms with E-state index in [1.165, 1.54) is 12.7 Å². The summed E-state index contributed by atoms with van der Waals surface area (Å²) in [5, 5.41) is 6.04. The Balaban J connectivity index is 0.000000176. The first-order valence-corrected chi connectivity index (χ1v) is 28.0. The van der Waals surface area contributed by atoms with Crippen molar-refractivity contribution in [2.75, 3.05) is 10.6 Å². The number of hydrogen-bond donors (Lipinski definition) is 2. The van der Waals surface area contributed by atoms with Crippen molar-refractivity contribution in [3.8, 4) is 11.8 Å². The molecule has 10 rings (SSSR count). The number of nitrogens with zero attached hydrogens (tertiary/aromatic N) is 6. The summed E-state index contributed by atoms with van der Waals surface area (Å²) < 4.78 is 73.4. The van der Waals surface area contributed by atoms with Crippen molar-refractivity contribution in [3.05, 3.63) is 72.3 Å². The average Bonchev–Trinajstić information content (AvgIpc) is 4.25. The fourth-order valence-electron chi connectivity index (χ4n) is 10.2. The molecule has 0 radical (unpaired) electrons. The number of carbonyl (C=O) groups is 2. The number of benzene rings is 2. The predicted octanol–water partition coefficient (Wildman–Crippen LogP) is 9.16. The number of aromatic nitrogens is 4. The number of hydrogen-bond acceptors (Lipinski definition) is 16. The maximum absolute atomic E-state index is 12.7. The quantitative estimate of drug-likeness (QED) is 0.127. The molecule has 6 heterocycles. The van der Waals surface area contributed by atoms with Crippen LogP contribution < -0.4 is 20.1 Å². The Morgan fingerprint density at radius 3 is 1.28 bits per heavy atom. The number of piperidine rings is 2. The van der Waals surface area contributed by atoms with E-state index in [4.69, 9.17) is 18.9 Å². The third-order valence-corrected chi connectivity index (χ3v) is 18.5. The van der Waals surface area contributed by atoms with E-state index in [0.717, 1.165) is 99.6 Å². The van der Waals surface area contributed by atoms with Gasteiger partial charge in [0.15, 0.2) is 19.7 Å². The number of nitrogens with one attached hydrogen (secondary N) is 2. The first kappa shape index (κ1) is 50.2. The molecular weight excluding hydrogens is 949 g/mol. The largest absolute Gasteiger partial charge is 0.474 e. The Morgan fingerprint density at radius 2 is 0.944 bits per heavy atom. The molecule has 4 unspecified atom stereocenters. The Bertz CT molecular complexity index is 2790. The van der Waals surface area contributed by atoms with E-state index in [-0.39, 0.29) is 65.2 Å². The summed E-state index contributed by atoms with van der Waals surface area (Å²) in [6.45, 7) is 13.2. The highest BCUT2D eigenvalue weighted by Gasteiger charge is 2.47. The van der Waals surface area contributed by atoms with Crippen molar-refractivity contribution in [1.82, 2.24) is 29.7 Å². The first-order chi connectivity index (χ1) is 33.7. The summed E-state index contributed by atoms with van der Waals surface area (Å²) in [7, 11) is -6.43. The molecule has 4 bridgehead atoms. The fraction of sp³-hybridized carbons (Fsp3) is 0.569. The minimum Gasteiger partial charge on any atom is -0.474 e. The van der Waals surface area contributed by atoms with Crippen molar-refractivity contribution >= 4 is 54.9 Å². The van der Waals surface area contributed by atoms with Crippen LogP contribution in [0, 0.1) is 13.8 Å². The zero-order chi connectivity index (χ0) is 50.4. The van der Waals surface area contributed by atoms with Crippen molar-refractivity contribution in [3.63, 3.8) is 0 Å². The van der Waals surface area contributed by atoms with Gasteiger partial charge in [-0.3, -0.25) is 0 Å². The molecule has 0 spiro atoms. The van der Waals surface area contributed by atoms with Crippen LogP contribution in [-0.2, 0) is 29.1 Å². The zero-order valence-corrected chi connectivity index (χ0v) is 43.2. The molecule has 71 heavy (non-hydrogen) atoms. The van der Waals surface area contributed by atoms with E-state index in [1.807, 2.05) is 58.3 Å².